The van der Waals surface area contributed by atoms with E-state index >= 15 is 0 Å². The van der Waals surface area contributed by atoms with Gasteiger partial charge in [-0.1, -0.05) is 44.5 Å². The lowest BCUT2D eigenvalue weighted by molar-refractivity contribution is -0.117. The number of benzene rings is 1. The molecule has 144 valence electrons. The van der Waals surface area contributed by atoms with E-state index in [0.717, 1.165) is 37.7 Å². The van der Waals surface area contributed by atoms with E-state index < -0.39 is 0 Å². The molecule has 0 aliphatic carbocycles. The summed E-state index contributed by atoms with van der Waals surface area (Å²) in [6.07, 6.45) is 1.67. The highest BCUT2D eigenvalue weighted by Crippen LogP contribution is 2.23. The van der Waals surface area contributed by atoms with Gasteiger partial charge in [-0.2, -0.15) is 0 Å². The molecule has 1 amide bonds. The molecule has 6 heteroatoms. The first kappa shape index (κ1) is 19.6. The normalized spacial score (nSPS) is 15.6. The number of aromatic nitrogens is 1. The molecule has 1 aliphatic rings. The summed E-state index contributed by atoms with van der Waals surface area (Å²) in [6.45, 7) is 10.3. The Balaban J connectivity index is 1.47. The average molecular weight is 387 g/mol. The summed E-state index contributed by atoms with van der Waals surface area (Å²) in [6, 6.07) is 11.9. The minimum absolute atomic E-state index is 0.0246. The van der Waals surface area contributed by atoms with Crippen LogP contribution < -0.4 is 10.2 Å². The van der Waals surface area contributed by atoms with Gasteiger partial charge in [-0.3, -0.25) is 9.69 Å². The van der Waals surface area contributed by atoms with Crippen LogP contribution in [0, 0.1) is 0 Å². The van der Waals surface area contributed by atoms with Crippen LogP contribution in [0.5, 0.6) is 0 Å². The van der Waals surface area contributed by atoms with E-state index in [1.165, 1.54) is 5.56 Å². The van der Waals surface area contributed by atoms with Gasteiger partial charge in [-0.05, 0) is 35.2 Å². The van der Waals surface area contributed by atoms with Crippen LogP contribution in [0.2, 0.25) is 5.02 Å². The lowest BCUT2D eigenvalue weighted by Crippen LogP contribution is -2.48. The van der Waals surface area contributed by atoms with Gasteiger partial charge in [0.05, 0.1) is 11.6 Å². The Morgan fingerprint density at radius 3 is 2.30 bits per heavy atom. The maximum atomic E-state index is 12.4. The molecule has 0 radical (unpaired) electrons. The summed E-state index contributed by atoms with van der Waals surface area (Å²) in [5.41, 5.74) is 2.21. The third-order valence-corrected chi connectivity index (χ3v) is 5.03. The van der Waals surface area contributed by atoms with Crippen LogP contribution in [-0.2, 0) is 10.2 Å². The number of rotatable bonds is 4. The molecule has 5 nitrogen and oxygen atoms in total. The summed E-state index contributed by atoms with van der Waals surface area (Å²) in [7, 11) is 0. The van der Waals surface area contributed by atoms with E-state index in [-0.39, 0.29) is 11.3 Å². The van der Waals surface area contributed by atoms with Crippen LogP contribution >= 0.6 is 11.6 Å². The Morgan fingerprint density at radius 2 is 1.74 bits per heavy atom. The van der Waals surface area contributed by atoms with Crippen molar-refractivity contribution in [3.05, 3.63) is 53.2 Å². The largest absolute Gasteiger partial charge is 0.354 e. The lowest BCUT2D eigenvalue weighted by atomic mass is 9.87. The van der Waals surface area contributed by atoms with Crippen molar-refractivity contribution >= 4 is 29.0 Å². The molecule has 1 aromatic heterocycles. The third kappa shape index (κ3) is 5.44. The number of carbonyl (C=O) groups is 1. The van der Waals surface area contributed by atoms with E-state index in [1.54, 1.807) is 6.20 Å². The molecular weight excluding hydrogens is 360 g/mol. The number of hydrogen-bond acceptors (Lipinski definition) is 4. The van der Waals surface area contributed by atoms with Gasteiger partial charge in [0, 0.05) is 38.1 Å². The van der Waals surface area contributed by atoms with Crippen LogP contribution in [0.1, 0.15) is 26.3 Å². The Hall–Kier alpha value is -2.11. The highest BCUT2D eigenvalue weighted by molar-refractivity contribution is 6.30. The van der Waals surface area contributed by atoms with Gasteiger partial charge in [0.1, 0.15) is 5.82 Å². The molecule has 27 heavy (non-hydrogen) atoms. The van der Waals surface area contributed by atoms with E-state index in [4.69, 9.17) is 11.6 Å². The molecule has 0 saturated carbocycles. The van der Waals surface area contributed by atoms with Gasteiger partial charge >= 0.3 is 0 Å². The molecule has 1 N–H and O–H groups in total. The van der Waals surface area contributed by atoms with Crippen molar-refractivity contribution in [2.45, 2.75) is 26.2 Å². The molecule has 1 fully saturated rings. The number of carbonyl (C=O) groups excluding carboxylic acids is 1. The monoisotopic (exact) mass is 386 g/mol. The zero-order valence-corrected chi connectivity index (χ0v) is 17.0. The highest BCUT2D eigenvalue weighted by Gasteiger charge is 2.20. The number of amides is 1. The van der Waals surface area contributed by atoms with Crippen LogP contribution in [0.3, 0.4) is 0 Å². The molecule has 1 aromatic carbocycles. The van der Waals surface area contributed by atoms with Crippen molar-refractivity contribution in [2.75, 3.05) is 42.9 Å². The van der Waals surface area contributed by atoms with Gasteiger partial charge in [0.15, 0.2) is 0 Å². The quantitative estimate of drug-likeness (QED) is 0.868. The first-order valence-electron chi connectivity index (χ1n) is 9.30. The average Bonchev–Trinajstić information content (AvgIpc) is 2.63. The molecule has 1 aliphatic heterocycles. The Kier molecular flexibility index (Phi) is 6.02. The zero-order valence-electron chi connectivity index (χ0n) is 16.2. The fraction of sp³-hybridized carbons (Fsp3) is 0.429. The predicted octanol–water partition coefficient (Wildman–Crippen LogP) is 3.79. The smallest absolute Gasteiger partial charge is 0.238 e. The molecule has 2 heterocycles. The number of anilines is 2. The SMILES string of the molecule is CC(C)(C)c1ccc(NC(=O)CN2CCN(c3ccc(Cl)cn3)CC2)cc1. The van der Waals surface area contributed by atoms with Crippen LogP contribution in [0.25, 0.3) is 0 Å². The zero-order chi connectivity index (χ0) is 19.4. The number of nitrogens with zero attached hydrogens (tertiary/aromatic N) is 3. The molecule has 0 atom stereocenters. The van der Waals surface area contributed by atoms with Crippen molar-refractivity contribution in [1.82, 2.24) is 9.88 Å². The van der Waals surface area contributed by atoms with Gasteiger partial charge in [-0.25, -0.2) is 4.98 Å². The summed E-state index contributed by atoms with van der Waals surface area (Å²) in [5.74, 6) is 0.957. The Bertz CT molecular complexity index is 760. The minimum atomic E-state index is 0.0246. The highest BCUT2D eigenvalue weighted by atomic mass is 35.5. The Labute approximate surface area is 166 Å². The van der Waals surface area contributed by atoms with Crippen LogP contribution in [-0.4, -0.2) is 48.5 Å². The van der Waals surface area contributed by atoms with Crippen molar-refractivity contribution < 1.29 is 4.79 Å². The van der Waals surface area contributed by atoms with E-state index in [9.17, 15) is 4.79 Å². The molecule has 2 aromatic rings. The third-order valence-electron chi connectivity index (χ3n) is 4.81. The number of hydrogen-bond donors (Lipinski definition) is 1. The number of piperazine rings is 1. The standard InChI is InChI=1S/C21H27ClN4O/c1-21(2,3)16-4-7-18(8-5-16)24-20(27)15-25-10-12-26(13-11-25)19-9-6-17(22)14-23-19/h4-9,14H,10-13,15H2,1-3H3,(H,24,27). The number of pyridine rings is 1. The van der Waals surface area contributed by atoms with E-state index in [1.807, 2.05) is 24.3 Å². The van der Waals surface area contributed by atoms with Crippen molar-refractivity contribution in [2.24, 2.45) is 0 Å². The second-order valence-electron chi connectivity index (χ2n) is 7.97. The summed E-state index contributed by atoms with van der Waals surface area (Å²) >= 11 is 5.89. The van der Waals surface area contributed by atoms with Crippen molar-refractivity contribution in [3.8, 4) is 0 Å². The maximum absolute atomic E-state index is 12.4. The van der Waals surface area contributed by atoms with Crippen molar-refractivity contribution in [3.63, 3.8) is 0 Å². The molecule has 0 spiro atoms. The van der Waals surface area contributed by atoms with Gasteiger partial charge in [0.2, 0.25) is 5.91 Å². The lowest BCUT2D eigenvalue weighted by Gasteiger charge is -2.35. The second kappa shape index (κ2) is 8.28. The van der Waals surface area contributed by atoms with Gasteiger partial charge in [0.25, 0.3) is 0 Å². The van der Waals surface area contributed by atoms with Crippen LogP contribution in [0.4, 0.5) is 11.5 Å². The molecular formula is C21H27ClN4O. The first-order valence-corrected chi connectivity index (χ1v) is 9.68. The Morgan fingerprint density at radius 1 is 1.07 bits per heavy atom. The number of nitrogens with one attached hydrogen (secondary N) is 1. The fourth-order valence-corrected chi connectivity index (χ4v) is 3.26. The minimum Gasteiger partial charge on any atom is -0.354 e. The fourth-order valence-electron chi connectivity index (χ4n) is 3.15. The maximum Gasteiger partial charge on any atom is 0.238 e. The molecule has 1 saturated heterocycles. The van der Waals surface area contributed by atoms with E-state index in [2.05, 4.69) is 53.0 Å². The van der Waals surface area contributed by atoms with E-state index in [0.29, 0.717) is 11.6 Å². The topological polar surface area (TPSA) is 48.5 Å². The van der Waals surface area contributed by atoms with Crippen LogP contribution in [0.15, 0.2) is 42.6 Å². The second-order valence-corrected chi connectivity index (χ2v) is 8.41. The summed E-state index contributed by atoms with van der Waals surface area (Å²) < 4.78 is 0. The van der Waals surface area contributed by atoms with Gasteiger partial charge < -0.3 is 10.2 Å². The van der Waals surface area contributed by atoms with Crippen molar-refractivity contribution in [1.29, 1.82) is 0 Å². The summed E-state index contributed by atoms with van der Waals surface area (Å²) in [4.78, 5) is 21.1. The number of halogens is 1. The van der Waals surface area contributed by atoms with Gasteiger partial charge in [-0.15, -0.1) is 0 Å². The summed E-state index contributed by atoms with van der Waals surface area (Å²) in [5, 5.41) is 3.64. The molecule has 0 unspecified atom stereocenters. The predicted molar refractivity (Wildman–Crippen MR) is 112 cm³/mol. The first-order chi connectivity index (χ1) is 12.8. The molecule has 3 rings (SSSR count). The molecule has 0 bridgehead atoms.